The molecule has 0 unspecified atom stereocenters. The number of hydrogen-bond acceptors (Lipinski definition) is 8. The number of carbonyl (C=O) groups excluding carboxylic acids is 4. The fraction of sp³-hybridized carbons (Fsp3) is 0.500. The standard InChI is InChI=1S/C24H33N4O12P/c1-3-12(2)20(24(35)36)28-21(32)15(8-9-19(30)31)25-18(29)11-17-23(34)26-16(22(33)27-17)10-13-4-6-14(7-5-13)40-41(37,38)39/h4-7,12,15-17,20H,3,8-11H2,1-2H3,(H,25,29)(H,26,34)(H,27,33)(H,28,32)(H,30,31)(H,35,36)(H2,37,38,39)/t12-,15-,16-,17-,20-/m0/s1. The lowest BCUT2D eigenvalue weighted by Crippen LogP contribution is -2.63. The second-order valence-corrected chi connectivity index (χ2v) is 10.7. The van der Waals surface area contributed by atoms with E-state index < -0.39 is 86.3 Å². The highest BCUT2D eigenvalue weighted by atomic mass is 31.2. The predicted octanol–water partition coefficient (Wildman–Crippen LogP) is -0.961. The van der Waals surface area contributed by atoms with Gasteiger partial charge in [-0.1, -0.05) is 32.4 Å². The molecule has 1 fully saturated rings. The predicted molar refractivity (Wildman–Crippen MR) is 139 cm³/mol. The average Bonchev–Trinajstić information content (AvgIpc) is 2.87. The number of piperazine rings is 1. The first-order valence-electron chi connectivity index (χ1n) is 12.6. The Morgan fingerprint density at radius 3 is 2.12 bits per heavy atom. The Hall–Kier alpha value is -4.01. The number of benzene rings is 1. The van der Waals surface area contributed by atoms with Gasteiger partial charge in [0.25, 0.3) is 0 Å². The molecule has 1 heterocycles. The van der Waals surface area contributed by atoms with Crippen LogP contribution >= 0.6 is 7.82 Å². The molecule has 0 spiro atoms. The molecule has 5 atom stereocenters. The molecular formula is C24H33N4O12P. The molecule has 226 valence electrons. The molecule has 1 aromatic rings. The lowest BCUT2D eigenvalue weighted by Gasteiger charge is -2.30. The summed E-state index contributed by atoms with van der Waals surface area (Å²) in [6, 6.07) is 0.464. The molecule has 17 heteroatoms. The molecule has 0 radical (unpaired) electrons. The maximum absolute atomic E-state index is 12.8. The van der Waals surface area contributed by atoms with Gasteiger partial charge in [0.2, 0.25) is 23.6 Å². The molecule has 0 aliphatic carbocycles. The molecule has 4 amide bonds. The number of carbonyl (C=O) groups is 6. The summed E-state index contributed by atoms with van der Waals surface area (Å²) in [5.41, 5.74) is 0.532. The van der Waals surface area contributed by atoms with Crippen molar-refractivity contribution >= 4 is 43.4 Å². The quantitative estimate of drug-likeness (QED) is 0.113. The normalized spacial score (nSPS) is 19.1. The second kappa shape index (κ2) is 14.6. The molecule has 1 aromatic carbocycles. The van der Waals surface area contributed by atoms with E-state index in [2.05, 4.69) is 25.8 Å². The Morgan fingerprint density at radius 2 is 1.59 bits per heavy atom. The number of nitrogens with one attached hydrogen (secondary N) is 4. The van der Waals surface area contributed by atoms with E-state index in [-0.39, 0.29) is 18.6 Å². The van der Waals surface area contributed by atoms with E-state index in [0.717, 1.165) is 0 Å². The minimum atomic E-state index is -4.74. The number of carboxylic acid groups (broad SMARTS) is 2. The molecule has 16 nitrogen and oxygen atoms in total. The lowest BCUT2D eigenvalue weighted by molar-refractivity contribution is -0.144. The third-order valence-corrected chi connectivity index (χ3v) is 6.77. The van der Waals surface area contributed by atoms with Gasteiger partial charge in [0.05, 0.1) is 6.42 Å². The minimum Gasteiger partial charge on any atom is -0.481 e. The summed E-state index contributed by atoms with van der Waals surface area (Å²) in [7, 11) is -4.74. The lowest BCUT2D eigenvalue weighted by atomic mass is 9.98. The first-order chi connectivity index (χ1) is 19.1. The summed E-state index contributed by atoms with van der Waals surface area (Å²) in [6.45, 7) is 3.34. The summed E-state index contributed by atoms with van der Waals surface area (Å²) in [4.78, 5) is 91.0. The molecular weight excluding hydrogens is 567 g/mol. The number of amides is 4. The van der Waals surface area contributed by atoms with E-state index in [4.69, 9.17) is 14.9 Å². The van der Waals surface area contributed by atoms with Crippen molar-refractivity contribution in [3.8, 4) is 5.75 Å². The molecule has 1 saturated heterocycles. The number of aliphatic carboxylic acids is 2. The summed E-state index contributed by atoms with van der Waals surface area (Å²) in [6.07, 6.45) is -0.983. The Bertz CT molecular complexity index is 1200. The van der Waals surface area contributed by atoms with E-state index in [0.29, 0.717) is 12.0 Å². The van der Waals surface area contributed by atoms with Crippen molar-refractivity contribution < 1.29 is 57.9 Å². The summed E-state index contributed by atoms with van der Waals surface area (Å²) < 4.78 is 15.4. The molecule has 2 rings (SSSR count). The number of hydrogen-bond donors (Lipinski definition) is 8. The fourth-order valence-electron chi connectivity index (χ4n) is 3.93. The minimum absolute atomic E-state index is 0.0189. The number of carboxylic acids is 2. The van der Waals surface area contributed by atoms with Gasteiger partial charge in [-0.2, -0.15) is 0 Å². The fourth-order valence-corrected chi connectivity index (χ4v) is 4.33. The number of phosphoric acid groups is 1. The van der Waals surface area contributed by atoms with Crippen molar-refractivity contribution in [1.29, 1.82) is 0 Å². The zero-order chi connectivity index (χ0) is 30.9. The van der Waals surface area contributed by atoms with Crippen molar-refractivity contribution in [3.05, 3.63) is 29.8 Å². The molecule has 0 bridgehead atoms. The highest BCUT2D eigenvalue weighted by Gasteiger charge is 2.36. The molecule has 0 aromatic heterocycles. The van der Waals surface area contributed by atoms with Crippen LogP contribution in [0.2, 0.25) is 0 Å². The largest absolute Gasteiger partial charge is 0.524 e. The van der Waals surface area contributed by atoms with Crippen LogP contribution in [0.3, 0.4) is 0 Å². The molecule has 1 aliphatic heterocycles. The van der Waals surface area contributed by atoms with Gasteiger partial charge < -0.3 is 36.0 Å². The van der Waals surface area contributed by atoms with Gasteiger partial charge in [-0.3, -0.25) is 33.8 Å². The molecule has 1 aliphatic rings. The maximum atomic E-state index is 12.8. The van der Waals surface area contributed by atoms with Crippen molar-refractivity contribution in [3.63, 3.8) is 0 Å². The van der Waals surface area contributed by atoms with Gasteiger partial charge in [0, 0.05) is 12.8 Å². The first kappa shape index (κ1) is 33.2. The van der Waals surface area contributed by atoms with Crippen LogP contribution in [0.5, 0.6) is 5.75 Å². The van der Waals surface area contributed by atoms with Crippen LogP contribution in [-0.4, -0.2) is 79.7 Å². The third-order valence-electron chi connectivity index (χ3n) is 6.32. The maximum Gasteiger partial charge on any atom is 0.524 e. The summed E-state index contributed by atoms with van der Waals surface area (Å²) >= 11 is 0. The Kier molecular flexibility index (Phi) is 11.8. The van der Waals surface area contributed by atoms with Gasteiger partial charge >= 0.3 is 19.8 Å². The Labute approximate surface area is 234 Å². The van der Waals surface area contributed by atoms with Gasteiger partial charge in [0.1, 0.15) is 29.9 Å². The highest BCUT2D eigenvalue weighted by molar-refractivity contribution is 7.46. The average molecular weight is 601 g/mol. The van der Waals surface area contributed by atoms with Crippen LogP contribution < -0.4 is 25.8 Å². The smallest absolute Gasteiger partial charge is 0.481 e. The summed E-state index contributed by atoms with van der Waals surface area (Å²) in [5, 5.41) is 28.0. The molecule has 41 heavy (non-hydrogen) atoms. The highest BCUT2D eigenvalue weighted by Crippen LogP contribution is 2.37. The zero-order valence-corrected chi connectivity index (χ0v) is 23.1. The van der Waals surface area contributed by atoms with Crippen molar-refractivity contribution in [2.45, 2.75) is 70.1 Å². The molecule has 0 saturated carbocycles. The van der Waals surface area contributed by atoms with E-state index in [1.165, 1.54) is 24.3 Å². The van der Waals surface area contributed by atoms with Crippen LogP contribution in [0, 0.1) is 5.92 Å². The second-order valence-electron chi connectivity index (χ2n) is 9.52. The molecule has 8 N–H and O–H groups in total. The van der Waals surface area contributed by atoms with Gasteiger partial charge in [0.15, 0.2) is 0 Å². The third kappa shape index (κ3) is 10.8. The van der Waals surface area contributed by atoms with Gasteiger partial charge in [-0.05, 0) is 30.0 Å². The van der Waals surface area contributed by atoms with E-state index in [9.17, 15) is 38.4 Å². The van der Waals surface area contributed by atoms with E-state index >= 15 is 0 Å². The monoisotopic (exact) mass is 600 g/mol. The topological polar surface area (TPSA) is 258 Å². The SMILES string of the molecule is CC[C@H](C)[C@H](NC(=O)[C@H](CCC(=O)O)NC(=O)C[C@@H]1NC(=O)[C@H](Cc2ccc(OP(=O)(O)O)cc2)NC1=O)C(=O)O. The van der Waals surface area contributed by atoms with Gasteiger partial charge in [-0.15, -0.1) is 0 Å². The zero-order valence-electron chi connectivity index (χ0n) is 22.2. The van der Waals surface area contributed by atoms with Crippen LogP contribution in [0.4, 0.5) is 0 Å². The Morgan fingerprint density at radius 1 is 1.00 bits per heavy atom. The van der Waals surface area contributed by atoms with Gasteiger partial charge in [-0.25, -0.2) is 9.36 Å². The number of rotatable bonds is 15. The Balaban J connectivity index is 2.00. The van der Waals surface area contributed by atoms with E-state index in [1.807, 2.05) is 0 Å². The van der Waals surface area contributed by atoms with Crippen molar-refractivity contribution in [2.75, 3.05) is 0 Å². The van der Waals surface area contributed by atoms with Crippen LogP contribution in [0.1, 0.15) is 45.1 Å². The summed E-state index contributed by atoms with van der Waals surface area (Å²) in [5.74, 6) is -6.16. The van der Waals surface area contributed by atoms with Crippen LogP contribution in [-0.2, 0) is 39.8 Å². The van der Waals surface area contributed by atoms with Crippen molar-refractivity contribution in [1.82, 2.24) is 21.3 Å². The number of phosphoric ester groups is 1. The van der Waals surface area contributed by atoms with Crippen molar-refractivity contribution in [2.24, 2.45) is 5.92 Å². The van der Waals surface area contributed by atoms with E-state index in [1.54, 1.807) is 13.8 Å². The van der Waals surface area contributed by atoms with Crippen LogP contribution in [0.15, 0.2) is 24.3 Å². The first-order valence-corrected chi connectivity index (χ1v) is 14.1. The van der Waals surface area contributed by atoms with Crippen LogP contribution in [0.25, 0.3) is 0 Å².